The second kappa shape index (κ2) is 13.9. The van der Waals surface area contributed by atoms with Crippen LogP contribution in [0.25, 0.3) is 11.1 Å². The van der Waals surface area contributed by atoms with E-state index in [9.17, 15) is 8.78 Å². The van der Waals surface area contributed by atoms with Gasteiger partial charge in [-0.3, -0.25) is 4.79 Å². The zero-order valence-corrected chi connectivity index (χ0v) is 17.2. The predicted octanol–water partition coefficient (Wildman–Crippen LogP) is 3.37. The van der Waals surface area contributed by atoms with E-state index in [0.717, 1.165) is 0 Å². The van der Waals surface area contributed by atoms with Crippen LogP contribution in [0, 0.1) is 11.6 Å². The molecule has 1 heterocycles. The summed E-state index contributed by atoms with van der Waals surface area (Å²) in [5, 5.41) is 6.89. The lowest BCUT2D eigenvalue weighted by Crippen LogP contribution is -2.24. The highest BCUT2D eigenvalue weighted by Crippen LogP contribution is 2.28. The number of halogens is 2. The molecule has 0 unspecified atom stereocenters. The van der Waals surface area contributed by atoms with E-state index in [1.165, 1.54) is 12.3 Å². The molecule has 7 nitrogen and oxygen atoms in total. The Morgan fingerprint density at radius 1 is 1.24 bits per heavy atom. The maximum Gasteiger partial charge on any atom is 0.290 e. The van der Waals surface area contributed by atoms with Crippen molar-refractivity contribution in [1.82, 2.24) is 4.98 Å². The van der Waals surface area contributed by atoms with Crippen LogP contribution < -0.4 is 16.4 Å². The Balaban J connectivity index is 0.00000143. The van der Waals surface area contributed by atoms with Gasteiger partial charge in [0.25, 0.3) is 6.47 Å². The number of rotatable bonds is 6. The second-order valence-corrected chi connectivity index (χ2v) is 5.33. The Hall–Kier alpha value is -3.23. The molecule has 0 bridgehead atoms. The fourth-order valence-corrected chi connectivity index (χ4v) is 2.44. The number of hydrogen-bond donors (Lipinski definition) is 3. The molecule has 0 saturated heterocycles. The van der Waals surface area contributed by atoms with Gasteiger partial charge in [-0.2, -0.15) is 0 Å². The van der Waals surface area contributed by atoms with Gasteiger partial charge >= 0.3 is 0 Å². The van der Waals surface area contributed by atoms with Gasteiger partial charge in [-0.25, -0.2) is 18.8 Å². The zero-order chi connectivity index (χ0) is 22.4. The van der Waals surface area contributed by atoms with E-state index < -0.39 is 11.6 Å². The first-order chi connectivity index (χ1) is 13.9. The fraction of sp³-hybridized carbons (Fsp3) is 0.350. The predicted molar refractivity (Wildman–Crippen MR) is 113 cm³/mol. The number of nitrogens with zero attached hydrogens (tertiary/aromatic N) is 3. The largest absolute Gasteiger partial charge is 0.483 e. The maximum atomic E-state index is 14.6. The topological polar surface area (TPSA) is 118 Å². The molecular formula is C20H29F2N5O2. The Labute approximate surface area is 170 Å². The second-order valence-electron chi connectivity index (χ2n) is 5.33. The van der Waals surface area contributed by atoms with Crippen LogP contribution >= 0.6 is 0 Å². The Kier molecular flexibility index (Phi) is 12.3. The molecule has 0 saturated carbocycles. The average Bonchev–Trinajstić information content (AvgIpc) is 2.71. The van der Waals surface area contributed by atoms with E-state index in [1.54, 1.807) is 23.1 Å². The summed E-state index contributed by atoms with van der Waals surface area (Å²) >= 11 is 0. The van der Waals surface area contributed by atoms with E-state index in [2.05, 4.69) is 9.98 Å². The first kappa shape index (κ1) is 25.8. The molecule has 0 aliphatic heterocycles. The van der Waals surface area contributed by atoms with Crippen molar-refractivity contribution in [1.29, 1.82) is 0 Å². The molecule has 160 valence electrons. The van der Waals surface area contributed by atoms with Crippen molar-refractivity contribution < 1.29 is 18.7 Å². The summed E-state index contributed by atoms with van der Waals surface area (Å²) in [7, 11) is 0. The monoisotopic (exact) mass is 409 g/mol. The quantitative estimate of drug-likeness (QED) is 0.382. The highest BCUT2D eigenvalue weighted by Gasteiger charge is 2.15. The van der Waals surface area contributed by atoms with Crippen LogP contribution in [0.15, 0.2) is 35.5 Å². The molecule has 0 atom stereocenters. The van der Waals surface area contributed by atoms with Gasteiger partial charge in [-0.1, -0.05) is 32.0 Å². The Bertz CT molecular complexity index is 792. The summed E-state index contributed by atoms with van der Waals surface area (Å²) in [5.74, 6) is -0.818. The standard InChI is InChI=1S/C17H21F2N5.C2H6.CH2O2/c1-3-24(4-2)16-14(18)8-12(10-22-16)13-7-5-6-11(15(13)19)9-23-17(20)21;1-2;2-1-3/h5-8,10H,3-4,9H2,1-2H3,(H4,20,21,23);1-2H3;1H,(H,2,3). The van der Waals surface area contributed by atoms with E-state index in [-0.39, 0.29) is 30.4 Å². The van der Waals surface area contributed by atoms with Gasteiger partial charge in [-0.15, -0.1) is 0 Å². The molecule has 0 aliphatic rings. The molecule has 0 fully saturated rings. The van der Waals surface area contributed by atoms with Crippen LogP contribution in [-0.2, 0) is 11.3 Å². The van der Waals surface area contributed by atoms with Crippen LogP contribution in [0.2, 0.25) is 0 Å². The van der Waals surface area contributed by atoms with Gasteiger partial charge in [0.2, 0.25) is 0 Å². The van der Waals surface area contributed by atoms with Gasteiger partial charge in [0.15, 0.2) is 17.6 Å². The van der Waals surface area contributed by atoms with E-state index in [0.29, 0.717) is 24.2 Å². The molecule has 0 spiro atoms. The lowest BCUT2D eigenvalue weighted by Gasteiger charge is -2.20. The minimum atomic E-state index is -0.487. The molecule has 0 aliphatic carbocycles. The first-order valence-corrected chi connectivity index (χ1v) is 9.20. The number of carbonyl (C=O) groups is 1. The Morgan fingerprint density at radius 2 is 1.83 bits per heavy atom. The van der Waals surface area contributed by atoms with Crippen LogP contribution in [0.1, 0.15) is 33.3 Å². The maximum absolute atomic E-state index is 14.6. The lowest BCUT2D eigenvalue weighted by atomic mass is 10.0. The third kappa shape index (κ3) is 7.73. The van der Waals surface area contributed by atoms with Crippen LogP contribution in [0.5, 0.6) is 0 Å². The molecule has 5 N–H and O–H groups in total. The van der Waals surface area contributed by atoms with E-state index in [1.807, 2.05) is 27.7 Å². The number of anilines is 1. The third-order valence-electron chi connectivity index (χ3n) is 3.71. The van der Waals surface area contributed by atoms with Crippen LogP contribution in [0.3, 0.4) is 0 Å². The molecular weight excluding hydrogens is 380 g/mol. The number of hydrogen-bond acceptors (Lipinski definition) is 4. The van der Waals surface area contributed by atoms with Gasteiger partial charge in [0, 0.05) is 36.0 Å². The molecule has 2 aromatic rings. The fourth-order valence-electron chi connectivity index (χ4n) is 2.44. The van der Waals surface area contributed by atoms with Gasteiger partial charge in [0.05, 0.1) is 6.54 Å². The SMILES string of the molecule is CC.CCN(CC)c1ncc(-c2cccc(CN=C(N)N)c2F)cc1F.O=CO. The van der Waals surface area contributed by atoms with Gasteiger partial charge < -0.3 is 21.5 Å². The molecule has 2 rings (SSSR count). The number of aromatic nitrogens is 1. The summed E-state index contributed by atoms with van der Waals surface area (Å²) in [5.41, 5.74) is 11.5. The third-order valence-corrected chi connectivity index (χ3v) is 3.71. The van der Waals surface area contributed by atoms with Crippen molar-refractivity contribution in [2.45, 2.75) is 34.2 Å². The van der Waals surface area contributed by atoms with Crippen molar-refractivity contribution in [2.24, 2.45) is 16.5 Å². The molecule has 29 heavy (non-hydrogen) atoms. The summed E-state index contributed by atoms with van der Waals surface area (Å²) in [6.07, 6.45) is 1.47. The van der Waals surface area contributed by atoms with Crippen molar-refractivity contribution in [3.8, 4) is 11.1 Å². The number of benzene rings is 1. The molecule has 1 aromatic carbocycles. The van der Waals surface area contributed by atoms with Crippen LogP contribution in [0.4, 0.5) is 14.6 Å². The molecule has 0 radical (unpaired) electrons. The summed E-state index contributed by atoms with van der Waals surface area (Å²) < 4.78 is 29.0. The number of guanidine groups is 1. The van der Waals surface area contributed by atoms with E-state index >= 15 is 0 Å². The zero-order valence-electron chi connectivity index (χ0n) is 17.2. The summed E-state index contributed by atoms with van der Waals surface area (Å²) in [6, 6.07) is 6.12. The van der Waals surface area contributed by atoms with Crippen molar-refractivity contribution in [2.75, 3.05) is 18.0 Å². The van der Waals surface area contributed by atoms with Crippen molar-refractivity contribution >= 4 is 18.2 Å². The normalized spacial score (nSPS) is 9.31. The number of aliphatic imine (C=N–C) groups is 1. The average molecular weight is 409 g/mol. The minimum Gasteiger partial charge on any atom is -0.483 e. The highest BCUT2D eigenvalue weighted by atomic mass is 19.1. The first-order valence-electron chi connectivity index (χ1n) is 9.20. The van der Waals surface area contributed by atoms with Gasteiger partial charge in [0.1, 0.15) is 5.82 Å². The molecule has 9 heteroatoms. The highest BCUT2D eigenvalue weighted by molar-refractivity contribution is 5.75. The van der Waals surface area contributed by atoms with Gasteiger partial charge in [-0.05, 0) is 19.9 Å². The number of pyridine rings is 1. The van der Waals surface area contributed by atoms with Crippen LogP contribution in [-0.4, -0.2) is 35.6 Å². The van der Waals surface area contributed by atoms with E-state index in [4.69, 9.17) is 21.4 Å². The number of nitrogens with two attached hydrogens (primary N) is 2. The van der Waals surface area contributed by atoms with Crippen molar-refractivity contribution in [3.63, 3.8) is 0 Å². The van der Waals surface area contributed by atoms with Crippen molar-refractivity contribution in [3.05, 3.63) is 47.7 Å². The smallest absolute Gasteiger partial charge is 0.290 e. The minimum absolute atomic E-state index is 0.0233. The molecule has 1 aromatic heterocycles. The summed E-state index contributed by atoms with van der Waals surface area (Å²) in [6.45, 7) is 8.90. The number of carboxylic acid groups (broad SMARTS) is 1. The lowest BCUT2D eigenvalue weighted by molar-refractivity contribution is -0.122. The molecule has 0 amide bonds. The summed E-state index contributed by atoms with van der Waals surface area (Å²) in [4.78, 5) is 18.1. The Morgan fingerprint density at radius 3 is 2.31 bits per heavy atom.